The average Bonchev–Trinajstić information content (AvgIpc) is 3.50. The number of aliphatic hydroxyl groups is 1. The summed E-state index contributed by atoms with van der Waals surface area (Å²) in [5.74, 6) is 1.30. The molecule has 0 heterocycles. The predicted octanol–water partition coefficient (Wildman–Crippen LogP) is 6.99. The van der Waals surface area contributed by atoms with Crippen molar-refractivity contribution in [2.24, 2.45) is 72.9 Å². The van der Waals surface area contributed by atoms with E-state index in [0.29, 0.717) is 34.5 Å². The van der Waals surface area contributed by atoms with Crippen LogP contribution in [0.3, 0.4) is 0 Å². The lowest BCUT2D eigenvalue weighted by molar-refractivity contribution is -0.373. The monoisotopic (exact) mass is 488 g/mol. The van der Waals surface area contributed by atoms with Crippen molar-refractivity contribution in [3.8, 4) is 0 Å². The van der Waals surface area contributed by atoms with Gasteiger partial charge in [0.2, 0.25) is 0 Å². The zero-order valence-electron chi connectivity index (χ0n) is 20.6. The SMILES string of the molecule is CC1(C)C2C3C4(CC(CC(O)(C(F)(F)F)C(F)(F)F)C21C4)C3(C)C1(C)C2C3C(C)(C)C34CCC214. The van der Waals surface area contributed by atoms with E-state index in [0.717, 1.165) is 12.3 Å². The predicted molar refractivity (Wildman–Crippen MR) is 111 cm³/mol. The van der Waals surface area contributed by atoms with Crippen molar-refractivity contribution in [2.75, 3.05) is 0 Å². The van der Waals surface area contributed by atoms with Gasteiger partial charge < -0.3 is 5.11 Å². The minimum atomic E-state index is -5.73. The van der Waals surface area contributed by atoms with Gasteiger partial charge in [0, 0.05) is 0 Å². The number of alkyl halides is 6. The Morgan fingerprint density at radius 3 is 1.68 bits per heavy atom. The summed E-state index contributed by atoms with van der Waals surface area (Å²) in [5.41, 5.74) is -4.11. The fourth-order valence-electron chi connectivity index (χ4n) is 14.8. The first-order valence-electron chi connectivity index (χ1n) is 13.1. The van der Waals surface area contributed by atoms with Crippen LogP contribution in [0.2, 0.25) is 0 Å². The maximum Gasteiger partial charge on any atom is 0.426 e. The van der Waals surface area contributed by atoms with E-state index >= 15 is 0 Å². The molecule has 4 spiro atoms. The Labute approximate surface area is 196 Å². The molecule has 0 saturated heterocycles. The molecular weight excluding hydrogens is 454 g/mol. The first-order valence-corrected chi connectivity index (χ1v) is 13.1. The molecule has 2 bridgehead atoms. The van der Waals surface area contributed by atoms with Gasteiger partial charge in [-0.05, 0) is 105 Å². The van der Waals surface area contributed by atoms with Crippen molar-refractivity contribution >= 4 is 0 Å². The highest BCUT2D eigenvalue weighted by molar-refractivity contribution is 5.60. The van der Waals surface area contributed by atoms with E-state index in [1.165, 1.54) is 12.8 Å². The molecule has 190 valence electrons. The molecule has 1 nitrogen and oxygen atoms in total. The number of halogens is 6. The molecule has 34 heavy (non-hydrogen) atoms. The molecule has 8 aliphatic carbocycles. The van der Waals surface area contributed by atoms with Crippen LogP contribution in [0, 0.1) is 72.9 Å². The van der Waals surface area contributed by atoms with Crippen molar-refractivity contribution in [1.82, 2.24) is 0 Å². The lowest BCUT2D eigenvalue weighted by atomic mass is 9.53. The Morgan fingerprint density at radius 2 is 1.26 bits per heavy atom. The van der Waals surface area contributed by atoms with Crippen molar-refractivity contribution in [1.29, 1.82) is 0 Å². The van der Waals surface area contributed by atoms with Crippen LogP contribution >= 0.6 is 0 Å². The minimum absolute atomic E-state index is 0.00680. The van der Waals surface area contributed by atoms with E-state index in [4.69, 9.17) is 0 Å². The summed E-state index contributed by atoms with van der Waals surface area (Å²) in [4.78, 5) is 0. The van der Waals surface area contributed by atoms with Gasteiger partial charge in [0.1, 0.15) is 0 Å². The molecule has 11 atom stereocenters. The smallest absolute Gasteiger partial charge is 0.374 e. The molecule has 8 aliphatic rings. The van der Waals surface area contributed by atoms with E-state index in [2.05, 4.69) is 41.5 Å². The van der Waals surface area contributed by atoms with Crippen LogP contribution in [-0.2, 0) is 0 Å². The second-order valence-electron chi connectivity index (χ2n) is 15.5. The summed E-state index contributed by atoms with van der Waals surface area (Å²) in [7, 11) is 0. The van der Waals surface area contributed by atoms with Crippen molar-refractivity contribution in [2.45, 2.75) is 91.6 Å². The first-order chi connectivity index (χ1) is 15.2. The van der Waals surface area contributed by atoms with Gasteiger partial charge >= 0.3 is 12.4 Å². The molecule has 8 fully saturated rings. The molecule has 0 aromatic rings. The van der Waals surface area contributed by atoms with Crippen LogP contribution in [0.15, 0.2) is 0 Å². The van der Waals surface area contributed by atoms with Crippen molar-refractivity contribution in [3.63, 3.8) is 0 Å². The van der Waals surface area contributed by atoms with Crippen LogP contribution in [0.5, 0.6) is 0 Å². The molecule has 0 aromatic carbocycles. The molecule has 0 radical (unpaired) electrons. The zero-order chi connectivity index (χ0) is 24.9. The van der Waals surface area contributed by atoms with Crippen molar-refractivity contribution < 1.29 is 31.4 Å². The molecule has 7 heteroatoms. The molecule has 0 aliphatic heterocycles. The largest absolute Gasteiger partial charge is 0.426 e. The Balaban J connectivity index is 1.17. The summed E-state index contributed by atoms with van der Waals surface area (Å²) >= 11 is 0. The van der Waals surface area contributed by atoms with Crippen LogP contribution in [0.1, 0.15) is 73.6 Å². The third kappa shape index (κ3) is 1.33. The summed E-state index contributed by atoms with van der Waals surface area (Å²) < 4.78 is 81.9. The van der Waals surface area contributed by atoms with Crippen molar-refractivity contribution in [3.05, 3.63) is 0 Å². The highest BCUT2D eigenvalue weighted by atomic mass is 19.4. The highest BCUT2D eigenvalue weighted by Crippen LogP contribution is 3.18. The Hall–Kier alpha value is -0.460. The normalized spacial score (nSPS) is 64.0. The molecule has 8 saturated carbocycles. The highest BCUT2D eigenvalue weighted by Gasteiger charge is 3.14. The molecule has 0 aromatic heterocycles. The third-order valence-corrected chi connectivity index (χ3v) is 15.9. The first kappa shape index (κ1) is 21.6. The number of hydrogen-bond acceptors (Lipinski definition) is 1. The molecule has 8 rings (SSSR count). The number of fused-ring (bicyclic) bond motifs is 2. The average molecular weight is 489 g/mol. The van der Waals surface area contributed by atoms with E-state index in [1.54, 1.807) is 0 Å². The number of rotatable bonds is 3. The summed E-state index contributed by atoms with van der Waals surface area (Å²) in [6, 6.07) is 0. The lowest BCUT2D eigenvalue weighted by Crippen LogP contribution is -2.58. The lowest BCUT2D eigenvalue weighted by Gasteiger charge is -2.51. The molecule has 0 amide bonds. The molecule has 1 N–H and O–H groups in total. The van der Waals surface area contributed by atoms with Gasteiger partial charge in [0.25, 0.3) is 5.60 Å². The Morgan fingerprint density at radius 1 is 0.706 bits per heavy atom. The van der Waals surface area contributed by atoms with Gasteiger partial charge in [-0.3, -0.25) is 0 Å². The molecular formula is C27H34F6O. The second-order valence-corrected chi connectivity index (χ2v) is 15.5. The summed E-state index contributed by atoms with van der Waals surface area (Å²) in [6.07, 6.45) is -8.99. The summed E-state index contributed by atoms with van der Waals surface area (Å²) in [5, 5.41) is 10.1. The van der Waals surface area contributed by atoms with Gasteiger partial charge in [-0.15, -0.1) is 0 Å². The van der Waals surface area contributed by atoms with Gasteiger partial charge in [-0.2, -0.15) is 26.3 Å². The fraction of sp³-hybridized carbons (Fsp3) is 1.00. The fourth-order valence-corrected chi connectivity index (χ4v) is 14.8. The number of hydrogen-bond donors (Lipinski definition) is 1. The maximum atomic E-state index is 13.6. The van der Waals surface area contributed by atoms with Crippen LogP contribution in [0.4, 0.5) is 26.3 Å². The second kappa shape index (κ2) is 4.42. The van der Waals surface area contributed by atoms with E-state index in [1.807, 2.05) is 0 Å². The Bertz CT molecular complexity index is 1090. The van der Waals surface area contributed by atoms with E-state index in [9.17, 15) is 31.4 Å². The maximum absolute atomic E-state index is 13.6. The minimum Gasteiger partial charge on any atom is -0.374 e. The molecule has 11 unspecified atom stereocenters. The zero-order valence-corrected chi connectivity index (χ0v) is 20.6. The Kier molecular flexibility index (Phi) is 2.81. The van der Waals surface area contributed by atoms with Crippen LogP contribution in [-0.4, -0.2) is 23.1 Å². The quantitative estimate of drug-likeness (QED) is 0.425. The van der Waals surface area contributed by atoms with Crippen LogP contribution < -0.4 is 0 Å². The standard InChI is InChI=1S/C27H34F6O/c1-17(2)13-15-19(5,20(6)16-14-18(3,4)23(14)7-8-24(16,20)23)21(15)9-12(22(13,17)11-21)10-25(34,26(28,29)30)27(31,32)33/h12-16,34H,7-11H2,1-6H3. The summed E-state index contributed by atoms with van der Waals surface area (Å²) in [6.45, 7) is 13.7. The topological polar surface area (TPSA) is 20.2 Å². The third-order valence-electron chi connectivity index (χ3n) is 15.9. The van der Waals surface area contributed by atoms with Gasteiger partial charge in [0.15, 0.2) is 0 Å². The van der Waals surface area contributed by atoms with E-state index < -0.39 is 35.7 Å². The van der Waals surface area contributed by atoms with Gasteiger partial charge in [-0.1, -0.05) is 41.5 Å². The van der Waals surface area contributed by atoms with Gasteiger partial charge in [-0.25, -0.2) is 0 Å². The van der Waals surface area contributed by atoms with Gasteiger partial charge in [0.05, 0.1) is 0 Å². The van der Waals surface area contributed by atoms with E-state index in [-0.39, 0.29) is 27.6 Å². The van der Waals surface area contributed by atoms with Crippen LogP contribution in [0.25, 0.3) is 0 Å².